The first kappa shape index (κ1) is 17.2. The van der Waals surface area contributed by atoms with Gasteiger partial charge in [0.05, 0.1) is 0 Å². The zero-order valence-corrected chi connectivity index (χ0v) is 12.9. The van der Waals surface area contributed by atoms with Crippen molar-refractivity contribution in [1.82, 2.24) is 0 Å². The maximum absolute atomic E-state index is 11.9. The average Bonchev–Trinajstić information content (AvgIpc) is 2.43. The fourth-order valence-electron chi connectivity index (χ4n) is 2.13. The minimum atomic E-state index is -0.455. The lowest BCUT2D eigenvalue weighted by Crippen LogP contribution is -2.20. The summed E-state index contributed by atoms with van der Waals surface area (Å²) in [5.74, 6) is -0.523. The molecule has 0 saturated carbocycles. The molecule has 0 radical (unpaired) electrons. The molecule has 1 rings (SSSR count). The van der Waals surface area contributed by atoms with Gasteiger partial charge in [-0.2, -0.15) is 0 Å². The Morgan fingerprint density at radius 1 is 1.24 bits per heavy atom. The maximum atomic E-state index is 11.9. The summed E-state index contributed by atoms with van der Waals surface area (Å²) in [4.78, 5) is 23.6. The van der Waals surface area contributed by atoms with E-state index < -0.39 is 5.97 Å². The third-order valence-electron chi connectivity index (χ3n) is 3.29. The van der Waals surface area contributed by atoms with Crippen molar-refractivity contribution in [3.63, 3.8) is 0 Å². The molecular formula is C18H24O3. The molecule has 0 fully saturated rings. The van der Waals surface area contributed by atoms with Gasteiger partial charge in [-0.3, -0.25) is 9.59 Å². The van der Waals surface area contributed by atoms with E-state index in [0.717, 1.165) is 18.4 Å². The predicted octanol–water partition coefficient (Wildman–Crippen LogP) is 4.07. The first-order valence-electron chi connectivity index (χ1n) is 7.25. The number of rotatable bonds is 9. The Balaban J connectivity index is 2.33. The molecule has 0 unspecified atom stereocenters. The molecule has 0 heterocycles. The molecule has 0 bridgehead atoms. The number of benzene rings is 1. The lowest BCUT2D eigenvalue weighted by Gasteiger charge is -2.22. The van der Waals surface area contributed by atoms with Crippen LogP contribution in [-0.2, 0) is 20.9 Å². The number of Topliss-reactive ketones (excluding diaryl/α,β-unsaturated/α-hetero) is 1. The third-order valence-corrected chi connectivity index (χ3v) is 3.29. The van der Waals surface area contributed by atoms with Gasteiger partial charge in [0.25, 0.3) is 0 Å². The molecule has 114 valence electrons. The Kier molecular flexibility index (Phi) is 6.86. The predicted molar refractivity (Wildman–Crippen MR) is 83.7 cm³/mol. The number of ether oxygens (including phenoxy) is 1. The first-order chi connectivity index (χ1) is 9.93. The number of hydrogen-bond donors (Lipinski definition) is 0. The molecule has 1 aromatic carbocycles. The van der Waals surface area contributed by atoms with E-state index in [2.05, 4.69) is 6.58 Å². The van der Waals surface area contributed by atoms with Crippen molar-refractivity contribution in [2.75, 3.05) is 0 Å². The van der Waals surface area contributed by atoms with Gasteiger partial charge in [-0.05, 0) is 23.8 Å². The lowest BCUT2D eigenvalue weighted by molar-refractivity contribution is -0.147. The van der Waals surface area contributed by atoms with E-state index in [-0.39, 0.29) is 24.2 Å². The molecule has 0 N–H and O–H groups in total. The van der Waals surface area contributed by atoms with Crippen LogP contribution in [0.25, 0.3) is 0 Å². The van der Waals surface area contributed by atoms with Gasteiger partial charge < -0.3 is 4.74 Å². The molecule has 0 amide bonds. The first-order valence-corrected chi connectivity index (χ1v) is 7.25. The molecule has 0 spiro atoms. The smallest absolute Gasteiger partial charge is 0.313 e. The number of allylic oxidation sites excluding steroid dienone is 1. The van der Waals surface area contributed by atoms with Crippen LogP contribution >= 0.6 is 0 Å². The van der Waals surface area contributed by atoms with E-state index in [1.165, 1.54) is 0 Å². The van der Waals surface area contributed by atoms with E-state index in [1.54, 1.807) is 0 Å². The van der Waals surface area contributed by atoms with Gasteiger partial charge in [-0.25, -0.2) is 0 Å². The SMILES string of the molecule is C=CCCC(C)(C)CC(=O)CC(=O)OCc1ccccc1. The molecule has 3 nitrogen and oxygen atoms in total. The summed E-state index contributed by atoms with van der Waals surface area (Å²) >= 11 is 0. The number of hydrogen-bond acceptors (Lipinski definition) is 3. The highest BCUT2D eigenvalue weighted by Gasteiger charge is 2.23. The van der Waals surface area contributed by atoms with Gasteiger partial charge in [0.15, 0.2) is 0 Å². The van der Waals surface area contributed by atoms with E-state index in [4.69, 9.17) is 4.74 Å². The van der Waals surface area contributed by atoms with Crippen LogP contribution in [-0.4, -0.2) is 11.8 Å². The summed E-state index contributed by atoms with van der Waals surface area (Å²) in [5.41, 5.74) is 0.815. The number of ketones is 1. The van der Waals surface area contributed by atoms with E-state index in [9.17, 15) is 9.59 Å². The Hall–Kier alpha value is -1.90. The van der Waals surface area contributed by atoms with Crippen LogP contribution < -0.4 is 0 Å². The standard InChI is InChI=1S/C18H24O3/c1-4-5-11-18(2,3)13-16(19)12-17(20)21-14-15-9-7-6-8-10-15/h4,6-10H,1,5,11-14H2,2-3H3. The maximum Gasteiger partial charge on any atom is 0.313 e. The van der Waals surface area contributed by atoms with Crippen molar-refractivity contribution in [2.45, 2.75) is 46.1 Å². The quantitative estimate of drug-likeness (QED) is 0.391. The van der Waals surface area contributed by atoms with Crippen LogP contribution in [0.5, 0.6) is 0 Å². The highest BCUT2D eigenvalue weighted by Crippen LogP contribution is 2.27. The molecule has 0 atom stereocenters. The third kappa shape index (κ3) is 7.45. The summed E-state index contributed by atoms with van der Waals surface area (Å²) in [5, 5.41) is 0. The summed E-state index contributed by atoms with van der Waals surface area (Å²) in [6.45, 7) is 7.96. The van der Waals surface area contributed by atoms with Crippen molar-refractivity contribution in [1.29, 1.82) is 0 Å². The summed E-state index contributed by atoms with van der Waals surface area (Å²) < 4.78 is 5.12. The van der Waals surface area contributed by atoms with Gasteiger partial charge in [-0.1, -0.05) is 50.3 Å². The van der Waals surface area contributed by atoms with Crippen molar-refractivity contribution >= 4 is 11.8 Å². The molecule has 3 heteroatoms. The summed E-state index contributed by atoms with van der Waals surface area (Å²) in [6.07, 6.45) is 3.85. The fourth-order valence-corrected chi connectivity index (χ4v) is 2.13. The molecule has 1 aromatic rings. The minimum Gasteiger partial charge on any atom is -0.460 e. The summed E-state index contributed by atoms with van der Waals surface area (Å²) in [6, 6.07) is 9.44. The van der Waals surface area contributed by atoms with E-state index in [1.807, 2.05) is 50.3 Å². The van der Waals surface area contributed by atoms with Crippen molar-refractivity contribution < 1.29 is 14.3 Å². The molecule has 0 saturated heterocycles. The Morgan fingerprint density at radius 2 is 1.90 bits per heavy atom. The largest absolute Gasteiger partial charge is 0.460 e. The van der Waals surface area contributed by atoms with Crippen LogP contribution in [0.15, 0.2) is 43.0 Å². The van der Waals surface area contributed by atoms with E-state index >= 15 is 0 Å². The Morgan fingerprint density at radius 3 is 2.52 bits per heavy atom. The van der Waals surface area contributed by atoms with Crippen LogP contribution in [0.3, 0.4) is 0 Å². The lowest BCUT2D eigenvalue weighted by atomic mass is 9.82. The second-order valence-corrected chi connectivity index (χ2v) is 6.03. The van der Waals surface area contributed by atoms with Gasteiger partial charge in [0, 0.05) is 6.42 Å². The van der Waals surface area contributed by atoms with Gasteiger partial charge >= 0.3 is 5.97 Å². The minimum absolute atomic E-state index is 0.0675. The second kappa shape index (κ2) is 8.40. The molecule has 0 aliphatic heterocycles. The zero-order chi connectivity index (χ0) is 15.7. The van der Waals surface area contributed by atoms with Gasteiger partial charge in [0.1, 0.15) is 18.8 Å². The molecule has 0 aromatic heterocycles. The van der Waals surface area contributed by atoms with Crippen molar-refractivity contribution in [3.8, 4) is 0 Å². The second-order valence-electron chi connectivity index (χ2n) is 6.03. The van der Waals surface area contributed by atoms with Crippen LogP contribution in [0.4, 0.5) is 0 Å². The van der Waals surface area contributed by atoms with E-state index in [0.29, 0.717) is 6.42 Å². The Bertz CT molecular complexity index is 474. The van der Waals surface area contributed by atoms with Gasteiger partial charge in [0.2, 0.25) is 0 Å². The van der Waals surface area contributed by atoms with Crippen LogP contribution in [0.2, 0.25) is 0 Å². The highest BCUT2D eigenvalue weighted by molar-refractivity contribution is 5.95. The molecule has 0 aliphatic rings. The van der Waals surface area contributed by atoms with Gasteiger partial charge in [-0.15, -0.1) is 6.58 Å². The monoisotopic (exact) mass is 288 g/mol. The Labute approximate surface area is 127 Å². The molecule has 0 aliphatic carbocycles. The summed E-state index contributed by atoms with van der Waals surface area (Å²) in [7, 11) is 0. The topological polar surface area (TPSA) is 43.4 Å². The molecular weight excluding hydrogens is 264 g/mol. The fraction of sp³-hybridized carbons (Fsp3) is 0.444. The zero-order valence-electron chi connectivity index (χ0n) is 12.9. The van der Waals surface area contributed by atoms with Crippen LogP contribution in [0.1, 0.15) is 45.1 Å². The average molecular weight is 288 g/mol. The van der Waals surface area contributed by atoms with Crippen molar-refractivity contribution in [2.24, 2.45) is 5.41 Å². The number of carbonyl (C=O) groups excluding carboxylic acids is 2. The highest BCUT2D eigenvalue weighted by atomic mass is 16.5. The van der Waals surface area contributed by atoms with Crippen molar-refractivity contribution in [3.05, 3.63) is 48.6 Å². The normalized spacial score (nSPS) is 11.0. The molecule has 21 heavy (non-hydrogen) atoms. The number of carbonyl (C=O) groups is 2. The number of esters is 1. The van der Waals surface area contributed by atoms with Crippen LogP contribution in [0, 0.1) is 5.41 Å².